The van der Waals surface area contributed by atoms with Gasteiger partial charge in [0.1, 0.15) is 0 Å². The lowest BCUT2D eigenvalue weighted by molar-refractivity contribution is -0.136. The average Bonchev–Trinajstić information content (AvgIpc) is 2.49. The highest BCUT2D eigenvalue weighted by atomic mass is 16.5. The largest absolute Gasteiger partial charge is 0.378 e. The molecule has 0 aromatic heterocycles. The van der Waals surface area contributed by atoms with Crippen LogP contribution in [0.5, 0.6) is 0 Å². The molecule has 2 aliphatic rings. The number of hydrogen-bond acceptors (Lipinski definition) is 4. The van der Waals surface area contributed by atoms with Crippen LogP contribution in [-0.4, -0.2) is 74.2 Å². The first kappa shape index (κ1) is 15.7. The van der Waals surface area contributed by atoms with E-state index in [0.29, 0.717) is 25.8 Å². The van der Waals surface area contributed by atoms with Gasteiger partial charge in [-0.2, -0.15) is 0 Å². The number of carbonyl (C=O) groups is 1. The smallest absolute Gasteiger partial charge is 0.236 e. The van der Waals surface area contributed by atoms with Crippen molar-refractivity contribution >= 4 is 5.91 Å². The third-order valence-electron chi connectivity index (χ3n) is 4.15. The van der Waals surface area contributed by atoms with E-state index in [1.165, 1.54) is 19.3 Å². The molecule has 1 N–H and O–H groups in total. The molecule has 2 saturated heterocycles. The van der Waals surface area contributed by atoms with Crippen molar-refractivity contribution in [2.75, 3.05) is 52.5 Å². The first-order valence-corrected chi connectivity index (χ1v) is 8.11. The summed E-state index contributed by atoms with van der Waals surface area (Å²) in [5.74, 6) is 0.262. The normalized spacial score (nSPS) is 24.1. The Labute approximate surface area is 122 Å². The molecule has 0 aromatic rings. The Morgan fingerprint density at radius 2 is 2.15 bits per heavy atom. The first-order valence-electron chi connectivity index (χ1n) is 8.11. The van der Waals surface area contributed by atoms with Crippen molar-refractivity contribution in [3.05, 3.63) is 0 Å². The molecule has 2 rings (SSSR count). The maximum atomic E-state index is 12.3. The Morgan fingerprint density at radius 1 is 1.35 bits per heavy atom. The van der Waals surface area contributed by atoms with Gasteiger partial charge >= 0.3 is 0 Å². The fourth-order valence-corrected chi connectivity index (χ4v) is 3.05. The molecule has 5 heteroatoms. The van der Waals surface area contributed by atoms with Gasteiger partial charge in [-0.25, -0.2) is 0 Å². The van der Waals surface area contributed by atoms with E-state index in [-0.39, 0.29) is 5.91 Å². The second kappa shape index (κ2) is 8.60. The highest BCUT2D eigenvalue weighted by molar-refractivity contribution is 5.78. The van der Waals surface area contributed by atoms with Gasteiger partial charge in [0.25, 0.3) is 0 Å². The molecular formula is C15H29N3O2. The number of nitrogens with one attached hydrogen (secondary N) is 1. The van der Waals surface area contributed by atoms with Crippen molar-refractivity contribution in [1.82, 2.24) is 15.1 Å². The molecule has 2 fully saturated rings. The average molecular weight is 283 g/mol. The van der Waals surface area contributed by atoms with Crippen LogP contribution in [0.15, 0.2) is 0 Å². The van der Waals surface area contributed by atoms with Gasteiger partial charge in [-0.15, -0.1) is 0 Å². The summed E-state index contributed by atoms with van der Waals surface area (Å²) in [6.45, 7) is 8.75. The second-order valence-corrected chi connectivity index (χ2v) is 5.88. The minimum Gasteiger partial charge on any atom is -0.378 e. The number of morpholine rings is 1. The number of piperidine rings is 1. The molecule has 1 amide bonds. The number of ether oxygens (including phenoxy) is 1. The lowest BCUT2D eigenvalue weighted by atomic mass is 10.0. The van der Waals surface area contributed by atoms with Crippen LogP contribution in [0.2, 0.25) is 0 Å². The Hall–Kier alpha value is -0.650. The zero-order chi connectivity index (χ0) is 14.2. The number of rotatable bonds is 6. The Balaban J connectivity index is 1.79. The zero-order valence-corrected chi connectivity index (χ0v) is 12.8. The van der Waals surface area contributed by atoms with Gasteiger partial charge in [0.15, 0.2) is 0 Å². The molecule has 2 heterocycles. The predicted molar refractivity (Wildman–Crippen MR) is 79.8 cm³/mol. The van der Waals surface area contributed by atoms with Crippen LogP contribution in [0.25, 0.3) is 0 Å². The van der Waals surface area contributed by atoms with Gasteiger partial charge < -0.3 is 15.0 Å². The topological polar surface area (TPSA) is 44.8 Å². The van der Waals surface area contributed by atoms with Crippen LogP contribution in [0, 0.1) is 0 Å². The van der Waals surface area contributed by atoms with Crippen LogP contribution in [-0.2, 0) is 9.53 Å². The van der Waals surface area contributed by atoms with E-state index in [4.69, 9.17) is 4.74 Å². The molecule has 116 valence electrons. The number of hydrogen-bond donors (Lipinski definition) is 1. The van der Waals surface area contributed by atoms with Crippen LogP contribution in [0.1, 0.15) is 32.6 Å². The lowest BCUT2D eigenvalue weighted by Crippen LogP contribution is -2.49. The fourth-order valence-electron chi connectivity index (χ4n) is 3.05. The van der Waals surface area contributed by atoms with Crippen molar-refractivity contribution in [2.45, 2.75) is 38.6 Å². The number of nitrogens with zero attached hydrogens (tertiary/aromatic N) is 2. The van der Waals surface area contributed by atoms with Crippen molar-refractivity contribution in [3.8, 4) is 0 Å². The molecule has 0 saturated carbocycles. The van der Waals surface area contributed by atoms with Crippen molar-refractivity contribution < 1.29 is 9.53 Å². The maximum absolute atomic E-state index is 12.3. The van der Waals surface area contributed by atoms with E-state index in [1.54, 1.807) is 0 Å². The molecule has 5 nitrogen and oxygen atoms in total. The van der Waals surface area contributed by atoms with Crippen molar-refractivity contribution in [1.29, 1.82) is 0 Å². The molecule has 20 heavy (non-hydrogen) atoms. The minimum atomic E-state index is 0.262. The molecule has 0 radical (unpaired) electrons. The van der Waals surface area contributed by atoms with Gasteiger partial charge in [-0.1, -0.05) is 13.3 Å². The number of amides is 1. The summed E-state index contributed by atoms with van der Waals surface area (Å²) < 4.78 is 5.31. The zero-order valence-electron chi connectivity index (χ0n) is 12.8. The van der Waals surface area contributed by atoms with E-state index in [9.17, 15) is 4.79 Å². The highest BCUT2D eigenvalue weighted by Gasteiger charge is 2.22. The third kappa shape index (κ3) is 5.04. The van der Waals surface area contributed by atoms with Gasteiger partial charge in [0.2, 0.25) is 5.91 Å². The lowest BCUT2D eigenvalue weighted by Gasteiger charge is -2.33. The molecule has 0 aliphatic carbocycles. The molecule has 0 aromatic carbocycles. The van der Waals surface area contributed by atoms with E-state index in [1.807, 2.05) is 4.90 Å². The van der Waals surface area contributed by atoms with Crippen molar-refractivity contribution in [3.63, 3.8) is 0 Å². The van der Waals surface area contributed by atoms with Gasteiger partial charge in [0.05, 0.1) is 19.8 Å². The summed E-state index contributed by atoms with van der Waals surface area (Å²) in [6.07, 6.45) is 4.95. The molecule has 0 spiro atoms. The molecule has 2 aliphatic heterocycles. The summed E-state index contributed by atoms with van der Waals surface area (Å²) in [7, 11) is 0. The Bertz CT molecular complexity index is 287. The van der Waals surface area contributed by atoms with Crippen LogP contribution < -0.4 is 5.32 Å². The summed E-state index contributed by atoms with van der Waals surface area (Å²) in [5, 5.41) is 3.57. The van der Waals surface area contributed by atoms with Gasteiger partial charge in [0, 0.05) is 25.7 Å². The van der Waals surface area contributed by atoms with Gasteiger partial charge in [-0.3, -0.25) is 9.69 Å². The quantitative estimate of drug-likeness (QED) is 0.779. The first-order chi connectivity index (χ1) is 9.79. The molecule has 1 unspecified atom stereocenters. The predicted octanol–water partition coefficient (Wildman–Crippen LogP) is 0.699. The third-order valence-corrected chi connectivity index (χ3v) is 4.15. The van der Waals surface area contributed by atoms with E-state index in [2.05, 4.69) is 17.1 Å². The Morgan fingerprint density at radius 3 is 2.80 bits per heavy atom. The van der Waals surface area contributed by atoms with Crippen LogP contribution in [0.3, 0.4) is 0 Å². The van der Waals surface area contributed by atoms with Gasteiger partial charge in [-0.05, 0) is 32.4 Å². The number of carbonyl (C=O) groups excluding carboxylic acids is 1. The van der Waals surface area contributed by atoms with E-state index < -0.39 is 0 Å². The van der Waals surface area contributed by atoms with Crippen LogP contribution >= 0.6 is 0 Å². The Kier molecular flexibility index (Phi) is 6.76. The molecular weight excluding hydrogens is 254 g/mol. The summed E-state index contributed by atoms with van der Waals surface area (Å²) in [6, 6.07) is 0.563. The SMILES string of the molecule is CCCN(CC(=O)N1CCOCC1)CC1CCCCN1. The monoisotopic (exact) mass is 283 g/mol. The van der Waals surface area contributed by atoms with E-state index >= 15 is 0 Å². The van der Waals surface area contributed by atoms with Crippen LogP contribution in [0.4, 0.5) is 0 Å². The second-order valence-electron chi connectivity index (χ2n) is 5.88. The van der Waals surface area contributed by atoms with E-state index in [0.717, 1.165) is 39.1 Å². The maximum Gasteiger partial charge on any atom is 0.236 e. The highest BCUT2D eigenvalue weighted by Crippen LogP contribution is 2.09. The summed E-state index contributed by atoms with van der Waals surface area (Å²) in [5.41, 5.74) is 0. The standard InChI is InChI=1S/C15H29N3O2/c1-2-7-17(12-14-5-3-4-6-16-14)13-15(19)18-8-10-20-11-9-18/h14,16H,2-13H2,1H3. The molecule has 0 bridgehead atoms. The molecule has 1 atom stereocenters. The summed E-state index contributed by atoms with van der Waals surface area (Å²) in [4.78, 5) is 16.6. The van der Waals surface area contributed by atoms with Crippen molar-refractivity contribution in [2.24, 2.45) is 0 Å². The summed E-state index contributed by atoms with van der Waals surface area (Å²) >= 11 is 0. The minimum absolute atomic E-state index is 0.262. The fraction of sp³-hybridized carbons (Fsp3) is 0.933.